The second-order valence-corrected chi connectivity index (χ2v) is 7.28. The quantitative estimate of drug-likeness (QED) is 0.652. The van der Waals surface area contributed by atoms with Crippen molar-refractivity contribution in [3.8, 4) is 0 Å². The van der Waals surface area contributed by atoms with Crippen LogP contribution in [0, 0.1) is 11.3 Å². The van der Waals surface area contributed by atoms with E-state index in [0.29, 0.717) is 11.8 Å². The molecule has 1 aliphatic carbocycles. The largest absolute Gasteiger partial charge is 0.295 e. The summed E-state index contributed by atoms with van der Waals surface area (Å²) in [6, 6.07) is 6.29. The fourth-order valence-corrected chi connectivity index (χ4v) is 3.54. The number of ketones is 1. The molecule has 0 heterocycles. The maximum Gasteiger partial charge on any atom is 0.159 e. The molecule has 104 valence electrons. The van der Waals surface area contributed by atoms with E-state index >= 15 is 0 Å². The minimum absolute atomic E-state index is 0.129. The van der Waals surface area contributed by atoms with Gasteiger partial charge in [0.2, 0.25) is 0 Å². The van der Waals surface area contributed by atoms with Crippen LogP contribution in [-0.2, 0) is 5.41 Å². The molecule has 0 bridgehead atoms. The van der Waals surface area contributed by atoms with Gasteiger partial charge in [-0.1, -0.05) is 53.7 Å². The first-order chi connectivity index (χ1) is 8.60. The Morgan fingerprint density at radius 2 is 1.68 bits per heavy atom. The third-order valence-electron chi connectivity index (χ3n) is 6.12. The Morgan fingerprint density at radius 1 is 1.11 bits per heavy atom. The Bertz CT molecular complexity index is 522. The third kappa shape index (κ3) is 1.86. The van der Waals surface area contributed by atoms with E-state index in [1.807, 2.05) is 6.07 Å². The highest BCUT2D eigenvalue weighted by molar-refractivity contribution is 5.94. The summed E-state index contributed by atoms with van der Waals surface area (Å²) in [5, 5.41) is 0. The molecule has 1 nitrogen and oxygen atoms in total. The summed E-state index contributed by atoms with van der Waals surface area (Å²) in [6.45, 7) is 15.7. The van der Waals surface area contributed by atoms with Gasteiger partial charge in [0.05, 0.1) is 0 Å². The minimum Gasteiger partial charge on any atom is -0.295 e. The lowest BCUT2D eigenvalue weighted by molar-refractivity contribution is 0.0791. The van der Waals surface area contributed by atoms with Crippen molar-refractivity contribution >= 4 is 5.78 Å². The molecule has 0 saturated carbocycles. The van der Waals surface area contributed by atoms with Gasteiger partial charge in [-0.25, -0.2) is 0 Å². The van der Waals surface area contributed by atoms with E-state index in [2.05, 4.69) is 53.7 Å². The summed E-state index contributed by atoms with van der Waals surface area (Å²) in [7, 11) is 0. The Hall–Kier alpha value is -1.11. The standard InChI is InChI=1S/C18H26O/c1-11-12(2)17(4,5)18(6,7)16-9-8-14(13(3)19)10-15(11)16/h8-12H,1-7H3. The van der Waals surface area contributed by atoms with Gasteiger partial charge in [-0.2, -0.15) is 0 Å². The van der Waals surface area contributed by atoms with Crippen molar-refractivity contribution in [2.24, 2.45) is 11.3 Å². The van der Waals surface area contributed by atoms with Gasteiger partial charge in [0.25, 0.3) is 0 Å². The maximum absolute atomic E-state index is 11.6. The Balaban J connectivity index is 2.69. The summed E-state index contributed by atoms with van der Waals surface area (Å²) < 4.78 is 0. The van der Waals surface area contributed by atoms with Crippen molar-refractivity contribution in [2.45, 2.75) is 59.8 Å². The SMILES string of the molecule is CC(=O)c1ccc2c(c1)C(C)C(C)C(C)(C)C2(C)C. The molecule has 1 heteroatoms. The van der Waals surface area contributed by atoms with E-state index in [1.54, 1.807) is 6.92 Å². The fraction of sp³-hybridized carbons (Fsp3) is 0.611. The van der Waals surface area contributed by atoms with Gasteiger partial charge in [0, 0.05) is 5.56 Å². The monoisotopic (exact) mass is 258 g/mol. The molecule has 1 aromatic rings. The molecule has 0 aliphatic heterocycles. The molecule has 2 rings (SSSR count). The highest BCUT2D eigenvalue weighted by atomic mass is 16.1. The number of benzene rings is 1. The van der Waals surface area contributed by atoms with Crippen molar-refractivity contribution in [1.82, 2.24) is 0 Å². The zero-order valence-electron chi connectivity index (χ0n) is 13.3. The molecule has 0 saturated heterocycles. The van der Waals surface area contributed by atoms with E-state index in [-0.39, 0.29) is 16.6 Å². The van der Waals surface area contributed by atoms with Gasteiger partial charge in [-0.15, -0.1) is 0 Å². The topological polar surface area (TPSA) is 17.1 Å². The first-order valence-corrected chi connectivity index (χ1v) is 7.26. The molecule has 0 aromatic heterocycles. The molecular weight excluding hydrogens is 232 g/mol. The zero-order chi connectivity index (χ0) is 14.6. The van der Waals surface area contributed by atoms with Gasteiger partial charge in [-0.05, 0) is 46.8 Å². The molecule has 1 aromatic carbocycles. The maximum atomic E-state index is 11.6. The van der Waals surface area contributed by atoms with Crippen LogP contribution < -0.4 is 0 Å². The lowest BCUT2D eigenvalue weighted by Gasteiger charge is -2.54. The Labute approximate surface area is 117 Å². The lowest BCUT2D eigenvalue weighted by Crippen LogP contribution is -2.47. The van der Waals surface area contributed by atoms with Crippen LogP contribution in [0.5, 0.6) is 0 Å². The zero-order valence-corrected chi connectivity index (χ0v) is 13.3. The van der Waals surface area contributed by atoms with E-state index in [4.69, 9.17) is 0 Å². The smallest absolute Gasteiger partial charge is 0.159 e. The van der Waals surface area contributed by atoms with Gasteiger partial charge in [-0.3, -0.25) is 4.79 Å². The van der Waals surface area contributed by atoms with E-state index in [1.165, 1.54) is 11.1 Å². The third-order valence-corrected chi connectivity index (χ3v) is 6.12. The summed E-state index contributed by atoms with van der Waals surface area (Å²) in [5.41, 5.74) is 3.99. The van der Waals surface area contributed by atoms with Gasteiger partial charge < -0.3 is 0 Å². The Kier molecular flexibility index (Phi) is 3.16. The highest BCUT2D eigenvalue weighted by Crippen LogP contribution is 2.56. The first-order valence-electron chi connectivity index (χ1n) is 7.26. The van der Waals surface area contributed by atoms with Gasteiger partial charge in [0.1, 0.15) is 0 Å². The molecular formula is C18H26O. The first kappa shape index (κ1) is 14.3. The Morgan fingerprint density at radius 3 is 2.21 bits per heavy atom. The molecule has 0 radical (unpaired) electrons. The van der Waals surface area contributed by atoms with E-state index in [9.17, 15) is 4.79 Å². The number of fused-ring (bicyclic) bond motifs is 1. The van der Waals surface area contributed by atoms with Crippen LogP contribution in [0.15, 0.2) is 18.2 Å². The van der Waals surface area contributed by atoms with Crippen LogP contribution in [0.25, 0.3) is 0 Å². The number of hydrogen-bond donors (Lipinski definition) is 0. The summed E-state index contributed by atoms with van der Waals surface area (Å²) in [4.78, 5) is 11.6. The van der Waals surface area contributed by atoms with E-state index in [0.717, 1.165) is 5.56 Å². The second-order valence-electron chi connectivity index (χ2n) is 7.28. The summed E-state index contributed by atoms with van der Waals surface area (Å²) in [6.07, 6.45) is 0. The molecule has 0 spiro atoms. The lowest BCUT2D eigenvalue weighted by atomic mass is 9.50. The summed E-state index contributed by atoms with van der Waals surface area (Å²) >= 11 is 0. The number of rotatable bonds is 1. The van der Waals surface area contributed by atoms with Gasteiger partial charge in [0.15, 0.2) is 5.78 Å². The van der Waals surface area contributed by atoms with Crippen molar-refractivity contribution < 1.29 is 4.79 Å². The van der Waals surface area contributed by atoms with Crippen LogP contribution in [0.3, 0.4) is 0 Å². The fourth-order valence-electron chi connectivity index (χ4n) is 3.54. The van der Waals surface area contributed by atoms with Crippen molar-refractivity contribution in [3.05, 3.63) is 34.9 Å². The average Bonchev–Trinajstić information content (AvgIpc) is 2.34. The molecule has 19 heavy (non-hydrogen) atoms. The molecule has 0 amide bonds. The minimum atomic E-state index is 0.129. The average molecular weight is 258 g/mol. The normalized spacial score (nSPS) is 27.7. The molecule has 1 aliphatic rings. The van der Waals surface area contributed by atoms with Crippen LogP contribution in [0.4, 0.5) is 0 Å². The van der Waals surface area contributed by atoms with Crippen LogP contribution in [-0.4, -0.2) is 5.78 Å². The molecule has 0 fully saturated rings. The van der Waals surface area contributed by atoms with Crippen LogP contribution >= 0.6 is 0 Å². The highest BCUT2D eigenvalue weighted by Gasteiger charge is 2.49. The molecule has 0 N–H and O–H groups in total. The van der Waals surface area contributed by atoms with Crippen LogP contribution in [0.1, 0.15) is 75.9 Å². The summed E-state index contributed by atoms with van der Waals surface area (Å²) in [5.74, 6) is 1.25. The van der Waals surface area contributed by atoms with Crippen molar-refractivity contribution in [2.75, 3.05) is 0 Å². The van der Waals surface area contributed by atoms with Crippen LogP contribution in [0.2, 0.25) is 0 Å². The number of carbonyl (C=O) groups is 1. The molecule has 2 unspecified atom stereocenters. The predicted molar refractivity (Wildman–Crippen MR) is 80.8 cm³/mol. The number of hydrogen-bond acceptors (Lipinski definition) is 1. The second kappa shape index (κ2) is 4.19. The number of Topliss-reactive ketones (excluding diaryl/α,β-unsaturated/α-hetero) is 1. The number of carbonyl (C=O) groups excluding carboxylic acids is 1. The van der Waals surface area contributed by atoms with Crippen molar-refractivity contribution in [1.29, 1.82) is 0 Å². The van der Waals surface area contributed by atoms with Crippen molar-refractivity contribution in [3.63, 3.8) is 0 Å². The van der Waals surface area contributed by atoms with E-state index < -0.39 is 0 Å². The molecule has 2 atom stereocenters. The van der Waals surface area contributed by atoms with Gasteiger partial charge >= 0.3 is 0 Å². The predicted octanol–water partition coefficient (Wildman–Crippen LogP) is 4.95.